The van der Waals surface area contributed by atoms with Gasteiger partial charge in [0.2, 0.25) is 5.91 Å². The van der Waals surface area contributed by atoms with Crippen LogP contribution in [0.15, 0.2) is 54.7 Å². The summed E-state index contributed by atoms with van der Waals surface area (Å²) < 4.78 is 7.07. The van der Waals surface area contributed by atoms with E-state index in [9.17, 15) is 9.90 Å². The third-order valence-electron chi connectivity index (χ3n) is 5.60. The smallest absolute Gasteiger partial charge is 0.272 e. The number of rotatable bonds is 5. The van der Waals surface area contributed by atoms with Gasteiger partial charge in [-0.2, -0.15) is 14.9 Å². The Hall–Kier alpha value is -4.27. The van der Waals surface area contributed by atoms with E-state index in [1.54, 1.807) is 24.4 Å². The van der Waals surface area contributed by atoms with Crippen LogP contribution in [-0.2, 0) is 4.79 Å². The van der Waals surface area contributed by atoms with Gasteiger partial charge in [0.25, 0.3) is 5.95 Å². The summed E-state index contributed by atoms with van der Waals surface area (Å²) in [5, 5.41) is 25.9. The molecule has 0 saturated carbocycles. The molecule has 5 rings (SSSR count). The molecule has 9 nitrogen and oxygen atoms in total. The van der Waals surface area contributed by atoms with Crippen LogP contribution >= 0.6 is 0 Å². The highest BCUT2D eigenvalue weighted by atomic mass is 16.5. The maximum absolute atomic E-state index is 12.7. The Kier molecular flexibility index (Phi) is 5.21. The number of anilines is 1. The minimum absolute atomic E-state index is 0.0608. The molecule has 0 spiro atoms. The van der Waals surface area contributed by atoms with E-state index in [4.69, 9.17) is 4.74 Å². The number of ether oxygens (including phenoxy) is 1. The standard InChI is InChI=1S/C24H22N6O3/c1-3-33-20-11-16(9-10-19(20)31)17-12-21(32)27-23-22(17)14(2)29-30(23)24-26-18(13-25-28-24)15-7-5-4-6-8-15/h4-11,13,17,31H,3,12H2,1-2H3,(H,27,32)/t17-/m1/s1. The van der Waals surface area contributed by atoms with Gasteiger partial charge in [-0.1, -0.05) is 36.4 Å². The molecule has 0 radical (unpaired) electrons. The van der Waals surface area contributed by atoms with Gasteiger partial charge < -0.3 is 15.2 Å². The Bertz CT molecular complexity index is 1340. The molecule has 0 unspecified atom stereocenters. The van der Waals surface area contributed by atoms with Crippen molar-refractivity contribution in [2.45, 2.75) is 26.2 Å². The largest absolute Gasteiger partial charge is 0.504 e. The molecule has 9 heteroatoms. The monoisotopic (exact) mass is 442 g/mol. The van der Waals surface area contributed by atoms with Crippen molar-refractivity contribution >= 4 is 11.7 Å². The van der Waals surface area contributed by atoms with Crippen molar-refractivity contribution in [3.8, 4) is 28.7 Å². The van der Waals surface area contributed by atoms with Crippen molar-refractivity contribution in [1.82, 2.24) is 25.0 Å². The predicted molar refractivity (Wildman–Crippen MR) is 121 cm³/mol. The van der Waals surface area contributed by atoms with Gasteiger partial charge >= 0.3 is 0 Å². The lowest BCUT2D eigenvalue weighted by Crippen LogP contribution is -2.25. The predicted octanol–water partition coefficient (Wildman–Crippen LogP) is 3.61. The number of carbonyl (C=O) groups excluding carboxylic acids is 1. The lowest BCUT2D eigenvalue weighted by atomic mass is 9.85. The second kappa shape index (κ2) is 8.34. The van der Waals surface area contributed by atoms with E-state index in [1.165, 1.54) is 4.68 Å². The Morgan fingerprint density at radius 2 is 2.03 bits per heavy atom. The third kappa shape index (κ3) is 3.78. The molecular formula is C24H22N6O3. The second-order valence-corrected chi connectivity index (χ2v) is 7.73. The van der Waals surface area contributed by atoms with E-state index in [2.05, 4.69) is 25.6 Å². The van der Waals surface area contributed by atoms with Crippen LogP contribution in [0, 0.1) is 6.92 Å². The molecule has 1 aliphatic rings. The SMILES string of the molecule is CCOc1cc([C@H]2CC(=O)Nc3c2c(C)nn3-c2nncc(-c3ccccc3)n2)ccc1O. The fourth-order valence-corrected chi connectivity index (χ4v) is 4.13. The molecule has 3 heterocycles. The minimum atomic E-state index is -0.257. The van der Waals surface area contributed by atoms with Crippen LogP contribution in [0.1, 0.15) is 36.1 Å². The first kappa shape index (κ1) is 20.6. The lowest BCUT2D eigenvalue weighted by Gasteiger charge is -2.24. The Morgan fingerprint density at radius 3 is 2.82 bits per heavy atom. The zero-order valence-electron chi connectivity index (χ0n) is 18.2. The van der Waals surface area contributed by atoms with Crippen molar-refractivity contribution in [2.75, 3.05) is 11.9 Å². The zero-order valence-corrected chi connectivity index (χ0v) is 18.2. The van der Waals surface area contributed by atoms with E-state index < -0.39 is 0 Å². The summed E-state index contributed by atoms with van der Waals surface area (Å²) in [7, 11) is 0. The number of aromatic hydroxyl groups is 1. The highest BCUT2D eigenvalue weighted by molar-refractivity contribution is 5.95. The number of phenolic OH excluding ortho intramolecular Hbond substituents is 1. The fourth-order valence-electron chi connectivity index (χ4n) is 4.13. The average molecular weight is 442 g/mol. The van der Waals surface area contributed by atoms with Gasteiger partial charge in [-0.25, -0.2) is 4.98 Å². The molecule has 2 aromatic heterocycles. The van der Waals surface area contributed by atoms with Crippen molar-refractivity contribution in [2.24, 2.45) is 0 Å². The maximum atomic E-state index is 12.7. The molecule has 2 N–H and O–H groups in total. The first-order chi connectivity index (χ1) is 16.0. The zero-order chi connectivity index (χ0) is 22.9. The van der Waals surface area contributed by atoms with Crippen LogP contribution in [0.4, 0.5) is 5.82 Å². The number of benzene rings is 2. The third-order valence-corrected chi connectivity index (χ3v) is 5.60. The van der Waals surface area contributed by atoms with Gasteiger partial charge in [0, 0.05) is 23.5 Å². The molecule has 0 fully saturated rings. The summed E-state index contributed by atoms with van der Waals surface area (Å²) >= 11 is 0. The van der Waals surface area contributed by atoms with Crippen molar-refractivity contribution in [1.29, 1.82) is 0 Å². The number of nitrogens with one attached hydrogen (secondary N) is 1. The molecule has 0 bridgehead atoms. The summed E-state index contributed by atoms with van der Waals surface area (Å²) in [6, 6.07) is 14.8. The van der Waals surface area contributed by atoms with Gasteiger partial charge in [-0.3, -0.25) is 4.79 Å². The fraction of sp³-hybridized carbons (Fsp3) is 0.208. The second-order valence-electron chi connectivity index (χ2n) is 7.73. The number of carbonyl (C=O) groups is 1. The van der Waals surface area contributed by atoms with Gasteiger partial charge in [0.05, 0.1) is 24.2 Å². The first-order valence-electron chi connectivity index (χ1n) is 10.7. The highest BCUT2D eigenvalue weighted by Crippen LogP contribution is 2.42. The molecule has 166 valence electrons. The van der Waals surface area contributed by atoms with E-state index in [0.29, 0.717) is 23.9 Å². The molecule has 1 atom stereocenters. The van der Waals surface area contributed by atoms with E-state index in [0.717, 1.165) is 22.4 Å². The summed E-state index contributed by atoms with van der Waals surface area (Å²) in [4.78, 5) is 17.3. The van der Waals surface area contributed by atoms with Crippen LogP contribution in [0.25, 0.3) is 17.2 Å². The molecule has 0 aliphatic carbocycles. The Labute approximate surface area is 190 Å². The van der Waals surface area contributed by atoms with Crippen LogP contribution < -0.4 is 10.1 Å². The van der Waals surface area contributed by atoms with Gasteiger partial charge in [0.1, 0.15) is 5.82 Å². The van der Waals surface area contributed by atoms with Crippen molar-refractivity contribution < 1.29 is 14.6 Å². The Morgan fingerprint density at radius 1 is 1.21 bits per heavy atom. The average Bonchev–Trinajstić information content (AvgIpc) is 3.17. The van der Waals surface area contributed by atoms with Crippen LogP contribution in [-0.4, -0.2) is 42.6 Å². The van der Waals surface area contributed by atoms with Crippen LogP contribution in [0.5, 0.6) is 11.5 Å². The quantitative estimate of drug-likeness (QED) is 0.485. The first-order valence-corrected chi connectivity index (χ1v) is 10.7. The number of hydrogen-bond donors (Lipinski definition) is 2. The van der Waals surface area contributed by atoms with Gasteiger partial charge in [0.15, 0.2) is 11.5 Å². The summed E-state index contributed by atoms with van der Waals surface area (Å²) in [5.74, 6) is 0.829. The summed E-state index contributed by atoms with van der Waals surface area (Å²) in [5.41, 5.74) is 4.03. The maximum Gasteiger partial charge on any atom is 0.272 e. The lowest BCUT2D eigenvalue weighted by molar-refractivity contribution is -0.116. The Balaban J connectivity index is 1.60. The number of amides is 1. The number of aromatic nitrogens is 5. The molecule has 33 heavy (non-hydrogen) atoms. The molecular weight excluding hydrogens is 420 g/mol. The van der Waals surface area contributed by atoms with E-state index >= 15 is 0 Å². The molecule has 2 aromatic carbocycles. The van der Waals surface area contributed by atoms with Crippen molar-refractivity contribution in [3.05, 3.63) is 71.5 Å². The van der Waals surface area contributed by atoms with Gasteiger partial charge in [-0.15, -0.1) is 5.10 Å². The topological polar surface area (TPSA) is 115 Å². The summed E-state index contributed by atoms with van der Waals surface area (Å²) in [6.45, 7) is 4.16. The molecule has 1 aliphatic heterocycles. The highest BCUT2D eigenvalue weighted by Gasteiger charge is 2.33. The number of nitrogens with zero attached hydrogens (tertiary/aromatic N) is 5. The van der Waals surface area contributed by atoms with Gasteiger partial charge in [-0.05, 0) is 31.5 Å². The normalized spacial score (nSPS) is 15.1. The number of fused-ring (bicyclic) bond motifs is 1. The van der Waals surface area contributed by atoms with E-state index in [-0.39, 0.29) is 29.9 Å². The van der Waals surface area contributed by atoms with Crippen molar-refractivity contribution in [3.63, 3.8) is 0 Å². The number of hydrogen-bond acceptors (Lipinski definition) is 7. The number of phenols is 1. The molecule has 0 saturated heterocycles. The number of aryl methyl sites for hydroxylation is 1. The minimum Gasteiger partial charge on any atom is -0.504 e. The molecule has 4 aromatic rings. The van der Waals surface area contributed by atoms with Crippen LogP contribution in [0.3, 0.4) is 0 Å². The van der Waals surface area contributed by atoms with E-state index in [1.807, 2.05) is 44.2 Å². The van der Waals surface area contributed by atoms with Crippen LogP contribution in [0.2, 0.25) is 0 Å². The summed E-state index contributed by atoms with van der Waals surface area (Å²) in [6.07, 6.45) is 1.84. The molecule has 1 amide bonds.